The summed E-state index contributed by atoms with van der Waals surface area (Å²) in [7, 11) is 5.11. The highest BCUT2D eigenvalue weighted by atomic mass is 31.1. The molecule has 0 bridgehead atoms. The summed E-state index contributed by atoms with van der Waals surface area (Å²) in [5.74, 6) is 2.17. The molecule has 0 heterocycles. The van der Waals surface area contributed by atoms with Gasteiger partial charge in [-0.1, -0.05) is 90.9 Å². The topological polar surface area (TPSA) is 69.2 Å². The molecule has 2 aromatic rings. The van der Waals surface area contributed by atoms with E-state index in [-0.39, 0.29) is 5.48 Å². The summed E-state index contributed by atoms with van der Waals surface area (Å²) in [5.41, 5.74) is 0.538. The summed E-state index contributed by atoms with van der Waals surface area (Å²) in [4.78, 5) is 0. The number of ether oxygens (including phenoxy) is 5. The summed E-state index contributed by atoms with van der Waals surface area (Å²) in [6.45, 7) is 5.38. The first kappa shape index (κ1) is 28.8. The molecule has 194 valence electrons. The van der Waals surface area contributed by atoms with E-state index in [0.717, 1.165) is 51.4 Å². The standard InChI is InChI=1S/C28H41O6P/c1-6-8-10-15-19-33-24-22(30-3)25(32-5)27(35-28(29)21-17-13-12-14-18-21)26(23(24)31-4)34-20-16-11-9-7-2/h12-14,17-18,29H,6-11,15-16,19-20H2,1-5H3/p-1. The Labute approximate surface area is 212 Å². The highest BCUT2D eigenvalue weighted by Gasteiger charge is 2.28. The van der Waals surface area contributed by atoms with E-state index in [1.165, 1.54) is 0 Å². The lowest BCUT2D eigenvalue weighted by atomic mass is 10.2. The lowest BCUT2D eigenvalue weighted by molar-refractivity contribution is -0.207. The van der Waals surface area contributed by atoms with Gasteiger partial charge >= 0.3 is 0 Å². The average Bonchev–Trinajstić information content (AvgIpc) is 2.89. The van der Waals surface area contributed by atoms with Gasteiger partial charge < -0.3 is 28.8 Å². The molecule has 0 amide bonds. The van der Waals surface area contributed by atoms with Crippen molar-refractivity contribution < 1.29 is 28.8 Å². The van der Waals surface area contributed by atoms with Crippen molar-refractivity contribution in [1.82, 2.24) is 0 Å². The Bertz CT molecular complexity index is 914. The van der Waals surface area contributed by atoms with Gasteiger partial charge in [0.05, 0.1) is 39.8 Å². The van der Waals surface area contributed by atoms with E-state index in [9.17, 15) is 5.11 Å². The van der Waals surface area contributed by atoms with Crippen LogP contribution in [0, 0.1) is 0 Å². The molecule has 0 N–H and O–H groups in total. The van der Waals surface area contributed by atoms with E-state index < -0.39 is 0 Å². The Morgan fingerprint density at radius 1 is 0.657 bits per heavy atom. The summed E-state index contributed by atoms with van der Waals surface area (Å²) < 4.78 is 29.7. The number of rotatable bonds is 17. The van der Waals surface area contributed by atoms with E-state index in [4.69, 9.17) is 23.7 Å². The maximum atomic E-state index is 13.2. The van der Waals surface area contributed by atoms with Crippen LogP contribution in [0.5, 0.6) is 28.7 Å². The van der Waals surface area contributed by atoms with Gasteiger partial charge in [-0.3, -0.25) is 0 Å². The molecule has 0 fully saturated rings. The lowest BCUT2D eigenvalue weighted by Gasteiger charge is -2.23. The summed E-state index contributed by atoms with van der Waals surface area (Å²) in [6, 6.07) is 9.19. The van der Waals surface area contributed by atoms with Gasteiger partial charge in [0.1, 0.15) is 0 Å². The zero-order chi connectivity index (χ0) is 25.5. The lowest BCUT2D eigenvalue weighted by Crippen LogP contribution is -2.20. The minimum absolute atomic E-state index is 0.0722. The fourth-order valence-electron chi connectivity index (χ4n) is 3.71. The predicted molar refractivity (Wildman–Crippen MR) is 142 cm³/mol. The third-order valence-electron chi connectivity index (χ3n) is 5.59. The first-order chi connectivity index (χ1) is 17.1. The van der Waals surface area contributed by atoms with Gasteiger partial charge in [-0.25, -0.2) is 0 Å². The molecular weight excluding hydrogens is 463 g/mol. The Morgan fingerprint density at radius 3 is 1.69 bits per heavy atom. The molecule has 35 heavy (non-hydrogen) atoms. The van der Waals surface area contributed by atoms with Crippen LogP contribution in [0.3, 0.4) is 0 Å². The van der Waals surface area contributed by atoms with E-state index >= 15 is 0 Å². The number of hydrogen-bond acceptors (Lipinski definition) is 6. The first-order valence-corrected chi connectivity index (χ1v) is 13.4. The van der Waals surface area contributed by atoms with Crippen molar-refractivity contribution in [3.63, 3.8) is 0 Å². The van der Waals surface area contributed by atoms with Gasteiger partial charge in [0, 0.05) is 0 Å². The molecule has 0 unspecified atom stereocenters. The molecule has 0 radical (unpaired) electrons. The van der Waals surface area contributed by atoms with Crippen LogP contribution in [-0.2, 0) is 0 Å². The summed E-state index contributed by atoms with van der Waals surface area (Å²) in [5, 5.41) is 13.7. The minimum atomic E-state index is -0.0722. The second-order valence-electron chi connectivity index (χ2n) is 8.21. The third-order valence-corrected chi connectivity index (χ3v) is 6.68. The van der Waals surface area contributed by atoms with Gasteiger partial charge in [0.2, 0.25) is 17.2 Å². The molecule has 0 aliphatic rings. The van der Waals surface area contributed by atoms with Gasteiger partial charge in [0.25, 0.3) is 0 Å². The number of methoxy groups -OCH3 is 3. The number of hydrogen-bond donors (Lipinski definition) is 0. The number of benzene rings is 2. The molecule has 2 rings (SSSR count). The normalized spacial score (nSPS) is 11.3. The summed E-state index contributed by atoms with van der Waals surface area (Å²) in [6.07, 6.45) is 8.58. The quantitative estimate of drug-likeness (QED) is 0.203. The van der Waals surface area contributed by atoms with Crippen molar-refractivity contribution >= 4 is 19.0 Å². The van der Waals surface area contributed by atoms with Crippen molar-refractivity contribution in [2.45, 2.75) is 65.2 Å². The van der Waals surface area contributed by atoms with Crippen molar-refractivity contribution in [3.8, 4) is 28.7 Å². The SMILES string of the molecule is CCCCCCOc1c(OC)c(OC)c(P=C([O-])c2ccccc2)c(OCCCCCC)c1OC. The second kappa shape index (κ2) is 16.3. The average molecular weight is 504 g/mol. The molecule has 0 aromatic heterocycles. The van der Waals surface area contributed by atoms with Crippen LogP contribution in [-0.4, -0.2) is 40.0 Å². The molecule has 0 spiro atoms. The van der Waals surface area contributed by atoms with Gasteiger partial charge in [0.15, 0.2) is 11.5 Å². The monoisotopic (exact) mass is 503 g/mol. The van der Waals surface area contributed by atoms with E-state index in [0.29, 0.717) is 61.0 Å². The fourth-order valence-corrected chi connectivity index (χ4v) is 4.75. The van der Waals surface area contributed by atoms with Crippen LogP contribution in [0.15, 0.2) is 30.3 Å². The van der Waals surface area contributed by atoms with Crippen LogP contribution in [0.25, 0.3) is 0 Å². The van der Waals surface area contributed by atoms with Gasteiger partial charge in [-0.05, 0) is 18.4 Å². The van der Waals surface area contributed by atoms with Crippen molar-refractivity contribution in [2.75, 3.05) is 34.5 Å². The van der Waals surface area contributed by atoms with Crippen LogP contribution in [0.1, 0.15) is 70.8 Å². The zero-order valence-corrected chi connectivity index (χ0v) is 22.7. The van der Waals surface area contributed by atoms with Crippen LogP contribution >= 0.6 is 8.20 Å². The van der Waals surface area contributed by atoms with Gasteiger partial charge in [-0.15, -0.1) is 5.48 Å². The third kappa shape index (κ3) is 8.33. The zero-order valence-electron chi connectivity index (χ0n) is 21.9. The molecule has 0 aliphatic heterocycles. The van der Waals surface area contributed by atoms with Crippen LogP contribution in [0.4, 0.5) is 0 Å². The Morgan fingerprint density at radius 2 is 1.17 bits per heavy atom. The van der Waals surface area contributed by atoms with Crippen molar-refractivity contribution in [1.29, 1.82) is 0 Å². The largest absolute Gasteiger partial charge is 0.823 e. The maximum absolute atomic E-state index is 13.2. The van der Waals surface area contributed by atoms with Crippen molar-refractivity contribution in [3.05, 3.63) is 35.9 Å². The number of unbranched alkanes of at least 4 members (excludes halogenated alkanes) is 6. The van der Waals surface area contributed by atoms with Crippen LogP contribution < -0.4 is 34.1 Å². The first-order valence-electron chi connectivity index (χ1n) is 12.5. The van der Waals surface area contributed by atoms with Crippen LogP contribution in [0.2, 0.25) is 0 Å². The Kier molecular flexibility index (Phi) is 13.4. The maximum Gasteiger partial charge on any atom is 0.211 e. The Balaban J connectivity index is 2.57. The minimum Gasteiger partial charge on any atom is -0.823 e. The molecule has 0 atom stereocenters. The highest BCUT2D eigenvalue weighted by molar-refractivity contribution is 7.49. The van der Waals surface area contributed by atoms with E-state index in [1.807, 2.05) is 18.2 Å². The highest BCUT2D eigenvalue weighted by Crippen LogP contribution is 2.50. The van der Waals surface area contributed by atoms with Gasteiger partial charge in [-0.2, -0.15) is 0 Å². The Hall–Kier alpha value is -2.43. The molecule has 0 aliphatic carbocycles. The van der Waals surface area contributed by atoms with E-state index in [2.05, 4.69) is 13.8 Å². The predicted octanol–water partition coefficient (Wildman–Crippen LogP) is 5.74. The fraction of sp³-hybridized carbons (Fsp3) is 0.536. The molecule has 6 nitrogen and oxygen atoms in total. The summed E-state index contributed by atoms with van der Waals surface area (Å²) >= 11 is 0. The van der Waals surface area contributed by atoms with Crippen molar-refractivity contribution in [2.24, 2.45) is 0 Å². The molecule has 7 heteroatoms. The molecule has 0 saturated carbocycles. The molecular formula is C28H40O6P-. The van der Waals surface area contributed by atoms with E-state index in [1.54, 1.807) is 33.5 Å². The molecule has 0 saturated heterocycles. The molecule has 2 aromatic carbocycles. The smallest absolute Gasteiger partial charge is 0.211 e. The second-order valence-corrected chi connectivity index (χ2v) is 9.28.